The number of Topliss-reactive ketones (excluding diaryl/α,β-unsaturated/α-hetero) is 1. The summed E-state index contributed by atoms with van der Waals surface area (Å²) in [6.45, 7) is 5.92. The highest BCUT2D eigenvalue weighted by molar-refractivity contribution is 5.98. The van der Waals surface area contributed by atoms with Crippen LogP contribution in [0.3, 0.4) is 0 Å². The molecular weight excluding hydrogens is 228 g/mol. The molecule has 2 rings (SSSR count). The number of hydrogen-bond acceptors (Lipinski definition) is 3. The van der Waals surface area contributed by atoms with E-state index in [1.807, 2.05) is 0 Å². The van der Waals surface area contributed by atoms with Gasteiger partial charge in [-0.3, -0.25) is 4.79 Å². The van der Waals surface area contributed by atoms with Gasteiger partial charge in [-0.2, -0.15) is 0 Å². The zero-order valence-corrected chi connectivity index (χ0v) is 11.1. The molecule has 0 N–H and O–H groups in total. The van der Waals surface area contributed by atoms with E-state index < -0.39 is 5.97 Å². The minimum Gasteiger partial charge on any atom is -0.463 e. The van der Waals surface area contributed by atoms with Gasteiger partial charge >= 0.3 is 5.97 Å². The van der Waals surface area contributed by atoms with Crippen molar-refractivity contribution in [1.29, 1.82) is 0 Å². The largest absolute Gasteiger partial charge is 0.463 e. The topological polar surface area (TPSA) is 43.4 Å². The van der Waals surface area contributed by atoms with Crippen molar-refractivity contribution < 1.29 is 14.3 Å². The Morgan fingerprint density at radius 2 is 1.94 bits per heavy atom. The van der Waals surface area contributed by atoms with E-state index in [0.717, 1.165) is 32.1 Å². The molecule has 0 spiro atoms. The molecule has 2 saturated carbocycles. The SMILES string of the molecule is C=C(C(=O)OCC)[C@@H]1CCC[C@@H]2CCC[C@H]2C1=O. The van der Waals surface area contributed by atoms with Crippen molar-refractivity contribution in [2.45, 2.75) is 45.4 Å². The Morgan fingerprint density at radius 1 is 1.28 bits per heavy atom. The second-order valence-electron chi connectivity index (χ2n) is 5.43. The van der Waals surface area contributed by atoms with Crippen LogP contribution >= 0.6 is 0 Å². The summed E-state index contributed by atoms with van der Waals surface area (Å²) in [5.41, 5.74) is 0.370. The van der Waals surface area contributed by atoms with Gasteiger partial charge in [0.05, 0.1) is 6.61 Å². The molecule has 2 fully saturated rings. The van der Waals surface area contributed by atoms with Crippen molar-refractivity contribution >= 4 is 11.8 Å². The normalized spacial score (nSPS) is 31.6. The average molecular weight is 250 g/mol. The number of carbonyl (C=O) groups is 2. The lowest BCUT2D eigenvalue weighted by molar-refractivity contribution is -0.141. The maximum atomic E-state index is 12.5. The van der Waals surface area contributed by atoms with E-state index in [-0.39, 0.29) is 17.6 Å². The van der Waals surface area contributed by atoms with E-state index in [2.05, 4.69) is 6.58 Å². The first kappa shape index (κ1) is 13.3. The van der Waals surface area contributed by atoms with Crippen LogP contribution in [0.15, 0.2) is 12.2 Å². The summed E-state index contributed by atoms with van der Waals surface area (Å²) in [4.78, 5) is 24.2. The van der Waals surface area contributed by atoms with Crippen molar-refractivity contribution in [3.8, 4) is 0 Å². The lowest BCUT2D eigenvalue weighted by Crippen LogP contribution is -2.28. The predicted octanol–water partition coefficient (Wildman–Crippen LogP) is 2.89. The molecule has 0 aromatic carbocycles. The van der Waals surface area contributed by atoms with Gasteiger partial charge in [0.1, 0.15) is 5.78 Å². The minimum atomic E-state index is -0.396. The average Bonchev–Trinajstić information content (AvgIpc) is 2.76. The first-order chi connectivity index (χ1) is 8.65. The van der Waals surface area contributed by atoms with E-state index in [0.29, 0.717) is 18.1 Å². The Morgan fingerprint density at radius 3 is 2.61 bits per heavy atom. The highest BCUT2D eigenvalue weighted by atomic mass is 16.5. The van der Waals surface area contributed by atoms with Gasteiger partial charge in [-0.05, 0) is 38.5 Å². The highest BCUT2D eigenvalue weighted by Gasteiger charge is 2.40. The molecule has 0 amide bonds. The number of hydrogen-bond donors (Lipinski definition) is 0. The highest BCUT2D eigenvalue weighted by Crippen LogP contribution is 2.42. The third-order valence-corrected chi connectivity index (χ3v) is 4.39. The van der Waals surface area contributed by atoms with E-state index in [1.54, 1.807) is 6.92 Å². The molecule has 0 unspecified atom stereocenters. The number of rotatable bonds is 3. The van der Waals surface area contributed by atoms with Gasteiger partial charge in [-0.25, -0.2) is 4.79 Å². The first-order valence-electron chi connectivity index (χ1n) is 7.04. The zero-order valence-electron chi connectivity index (χ0n) is 11.1. The summed E-state index contributed by atoms with van der Waals surface area (Å²) in [5.74, 6) is 0.277. The first-order valence-corrected chi connectivity index (χ1v) is 7.04. The molecule has 0 saturated heterocycles. The van der Waals surface area contributed by atoms with Gasteiger partial charge in [0.25, 0.3) is 0 Å². The van der Waals surface area contributed by atoms with Crippen molar-refractivity contribution in [2.75, 3.05) is 6.61 Å². The van der Waals surface area contributed by atoms with E-state index >= 15 is 0 Å². The summed E-state index contributed by atoms with van der Waals surface area (Å²) in [5, 5.41) is 0. The van der Waals surface area contributed by atoms with Gasteiger partial charge in [0.2, 0.25) is 0 Å². The van der Waals surface area contributed by atoms with E-state index in [4.69, 9.17) is 4.74 Å². The van der Waals surface area contributed by atoms with Crippen molar-refractivity contribution in [3.05, 3.63) is 12.2 Å². The molecule has 0 heterocycles. The monoisotopic (exact) mass is 250 g/mol. The zero-order chi connectivity index (χ0) is 13.1. The van der Waals surface area contributed by atoms with Gasteiger partial charge in [0.15, 0.2) is 0 Å². The Kier molecular flexibility index (Phi) is 4.20. The van der Waals surface area contributed by atoms with Crippen LogP contribution in [0, 0.1) is 17.8 Å². The molecule has 2 aliphatic rings. The van der Waals surface area contributed by atoms with Gasteiger partial charge in [-0.15, -0.1) is 0 Å². The standard InChI is InChI=1S/C15H22O3/c1-3-18-15(17)10(2)12-8-4-6-11-7-5-9-13(11)14(12)16/h11-13H,2-9H2,1H3/t11-,12+,13-/m1/s1. The second kappa shape index (κ2) is 5.68. The lowest BCUT2D eigenvalue weighted by atomic mass is 9.84. The molecule has 3 heteroatoms. The second-order valence-corrected chi connectivity index (χ2v) is 5.43. The summed E-state index contributed by atoms with van der Waals surface area (Å²) >= 11 is 0. The van der Waals surface area contributed by atoms with Gasteiger partial charge in [0, 0.05) is 17.4 Å². The summed E-state index contributed by atoms with van der Waals surface area (Å²) in [6, 6.07) is 0. The van der Waals surface area contributed by atoms with Crippen LogP contribution in [0.2, 0.25) is 0 Å². The molecule has 0 bridgehead atoms. The number of ketones is 1. The van der Waals surface area contributed by atoms with Crippen molar-refractivity contribution in [1.82, 2.24) is 0 Å². The molecule has 0 aliphatic heterocycles. The fourth-order valence-corrected chi connectivity index (χ4v) is 3.45. The smallest absolute Gasteiger partial charge is 0.334 e. The van der Waals surface area contributed by atoms with Gasteiger partial charge < -0.3 is 4.74 Å². The summed E-state index contributed by atoms with van der Waals surface area (Å²) in [7, 11) is 0. The van der Waals surface area contributed by atoms with Crippen molar-refractivity contribution in [2.24, 2.45) is 17.8 Å². The molecule has 3 atom stereocenters. The lowest BCUT2D eigenvalue weighted by Gasteiger charge is -2.19. The maximum absolute atomic E-state index is 12.5. The molecular formula is C15H22O3. The maximum Gasteiger partial charge on any atom is 0.334 e. The van der Waals surface area contributed by atoms with Crippen LogP contribution < -0.4 is 0 Å². The number of ether oxygens (including phenoxy) is 1. The Labute approximate surface area is 109 Å². The predicted molar refractivity (Wildman–Crippen MR) is 69.0 cm³/mol. The molecule has 18 heavy (non-hydrogen) atoms. The van der Waals surface area contributed by atoms with E-state index in [9.17, 15) is 9.59 Å². The van der Waals surface area contributed by atoms with Crippen LogP contribution in [-0.2, 0) is 14.3 Å². The molecule has 0 aromatic heterocycles. The molecule has 0 radical (unpaired) electrons. The Bertz CT molecular complexity index is 359. The quantitative estimate of drug-likeness (QED) is 0.571. The number of esters is 1. The van der Waals surface area contributed by atoms with Crippen LogP contribution in [0.5, 0.6) is 0 Å². The van der Waals surface area contributed by atoms with Crippen LogP contribution in [0.4, 0.5) is 0 Å². The van der Waals surface area contributed by atoms with Crippen LogP contribution in [-0.4, -0.2) is 18.4 Å². The Hall–Kier alpha value is -1.12. The summed E-state index contributed by atoms with van der Waals surface area (Å²) < 4.78 is 4.97. The summed E-state index contributed by atoms with van der Waals surface area (Å²) in [6.07, 6.45) is 6.24. The molecule has 0 aromatic rings. The van der Waals surface area contributed by atoms with Crippen LogP contribution in [0.25, 0.3) is 0 Å². The third-order valence-electron chi connectivity index (χ3n) is 4.39. The third kappa shape index (κ3) is 2.50. The number of fused-ring (bicyclic) bond motifs is 1. The Balaban J connectivity index is 2.10. The molecule has 3 nitrogen and oxygen atoms in total. The minimum absolute atomic E-state index is 0.170. The molecule has 2 aliphatic carbocycles. The fourth-order valence-electron chi connectivity index (χ4n) is 3.45. The number of carbonyl (C=O) groups excluding carboxylic acids is 2. The van der Waals surface area contributed by atoms with Crippen molar-refractivity contribution in [3.63, 3.8) is 0 Å². The van der Waals surface area contributed by atoms with Crippen LogP contribution in [0.1, 0.15) is 45.4 Å². The molecule has 100 valence electrons. The fraction of sp³-hybridized carbons (Fsp3) is 0.733. The van der Waals surface area contributed by atoms with E-state index in [1.165, 1.54) is 6.42 Å². The van der Waals surface area contributed by atoms with Gasteiger partial charge in [-0.1, -0.05) is 19.4 Å².